The highest BCUT2D eigenvalue weighted by Crippen LogP contribution is 2.32. The predicted octanol–water partition coefficient (Wildman–Crippen LogP) is 1.73. The normalized spacial score (nSPS) is 17.4. The van der Waals surface area contributed by atoms with Crippen LogP contribution in [-0.2, 0) is 27.8 Å². The van der Waals surface area contributed by atoms with Crippen LogP contribution in [0.5, 0.6) is 0 Å². The molecule has 0 aliphatic carbocycles. The molecule has 0 saturated heterocycles. The molecular formula is C16H19N3O4S. The Morgan fingerprint density at radius 3 is 2.88 bits per heavy atom. The molecule has 7 nitrogen and oxygen atoms in total. The summed E-state index contributed by atoms with van der Waals surface area (Å²) in [5, 5.41) is 3.70. The average Bonchev–Trinajstić information content (AvgIpc) is 2.91. The zero-order chi connectivity index (χ0) is 17.3. The predicted molar refractivity (Wildman–Crippen MR) is 88.7 cm³/mol. The Kier molecular flexibility index (Phi) is 4.31. The van der Waals surface area contributed by atoms with Crippen LogP contribution in [0.2, 0.25) is 0 Å². The molecule has 1 N–H and O–H groups in total. The molecule has 1 amide bonds. The van der Waals surface area contributed by atoms with E-state index in [4.69, 9.17) is 4.52 Å². The number of hydrogen-bond acceptors (Lipinski definition) is 5. The number of amides is 1. The number of fused-ring (bicyclic) bond motifs is 1. The van der Waals surface area contributed by atoms with Crippen LogP contribution in [0.15, 0.2) is 34.9 Å². The van der Waals surface area contributed by atoms with Gasteiger partial charge in [-0.05, 0) is 38.3 Å². The van der Waals surface area contributed by atoms with Crippen LogP contribution >= 0.6 is 0 Å². The molecule has 1 atom stereocenters. The van der Waals surface area contributed by atoms with E-state index in [1.165, 1.54) is 4.31 Å². The van der Waals surface area contributed by atoms with E-state index in [1.54, 1.807) is 25.1 Å². The zero-order valence-corrected chi connectivity index (χ0v) is 14.3. The molecule has 1 unspecified atom stereocenters. The summed E-state index contributed by atoms with van der Waals surface area (Å²) in [5.74, 6) is -0.0715. The molecule has 2 heterocycles. The lowest BCUT2D eigenvalue weighted by molar-refractivity contribution is -0.118. The molecule has 24 heavy (non-hydrogen) atoms. The van der Waals surface area contributed by atoms with Crippen molar-refractivity contribution in [1.29, 1.82) is 0 Å². The quantitative estimate of drug-likeness (QED) is 0.907. The van der Waals surface area contributed by atoms with Gasteiger partial charge in [-0.3, -0.25) is 9.10 Å². The number of carbonyl (C=O) groups is 1. The minimum absolute atomic E-state index is 0.152. The first kappa shape index (κ1) is 16.5. The fraction of sp³-hybridized carbons (Fsp3) is 0.375. The monoisotopic (exact) mass is 349 g/mol. The number of aromatic nitrogens is 1. The van der Waals surface area contributed by atoms with Crippen molar-refractivity contribution in [2.24, 2.45) is 0 Å². The number of hydrogen-bond donors (Lipinski definition) is 1. The molecule has 1 aliphatic heterocycles. The molecule has 1 aromatic heterocycles. The Morgan fingerprint density at radius 2 is 2.17 bits per heavy atom. The number of nitrogens with zero attached hydrogens (tertiary/aromatic N) is 2. The van der Waals surface area contributed by atoms with Crippen molar-refractivity contribution in [1.82, 2.24) is 9.88 Å². The number of benzene rings is 1. The summed E-state index contributed by atoms with van der Waals surface area (Å²) in [4.78, 5) is 12.1. The first-order valence-corrected chi connectivity index (χ1v) is 9.16. The van der Waals surface area contributed by atoms with Gasteiger partial charge in [0.05, 0.1) is 17.8 Å². The summed E-state index contributed by atoms with van der Waals surface area (Å²) in [6, 6.07) is 8.72. The number of aryl methyl sites for hydroxylation is 2. The first-order chi connectivity index (χ1) is 11.4. The number of rotatable bonds is 4. The highest BCUT2D eigenvalue weighted by Gasteiger charge is 2.33. The highest BCUT2D eigenvalue weighted by atomic mass is 32.2. The van der Waals surface area contributed by atoms with E-state index in [9.17, 15) is 13.2 Å². The van der Waals surface area contributed by atoms with Crippen molar-refractivity contribution in [3.8, 4) is 0 Å². The van der Waals surface area contributed by atoms with Gasteiger partial charge in [0.25, 0.3) is 0 Å². The fourth-order valence-corrected chi connectivity index (χ4v) is 4.39. The summed E-state index contributed by atoms with van der Waals surface area (Å²) in [6.07, 6.45) is 1.37. The van der Waals surface area contributed by atoms with Crippen molar-refractivity contribution in [2.75, 3.05) is 4.31 Å². The maximum absolute atomic E-state index is 12.7. The van der Waals surface area contributed by atoms with E-state index in [0.29, 0.717) is 23.6 Å². The second-order valence-electron chi connectivity index (χ2n) is 5.95. The maximum atomic E-state index is 12.7. The van der Waals surface area contributed by atoms with E-state index in [1.807, 2.05) is 19.1 Å². The Labute approximate surface area is 140 Å². The molecule has 0 spiro atoms. The average molecular weight is 349 g/mol. The van der Waals surface area contributed by atoms with E-state index in [-0.39, 0.29) is 12.5 Å². The summed E-state index contributed by atoms with van der Waals surface area (Å²) in [7, 11) is -3.98. The summed E-state index contributed by atoms with van der Waals surface area (Å²) < 4.78 is 33.7. The molecule has 0 radical (unpaired) electrons. The van der Waals surface area contributed by atoms with Gasteiger partial charge in [-0.15, -0.1) is 0 Å². The van der Waals surface area contributed by atoms with Gasteiger partial charge < -0.3 is 4.52 Å². The van der Waals surface area contributed by atoms with E-state index >= 15 is 0 Å². The number of nitrogens with one attached hydrogen (secondary N) is 1. The van der Waals surface area contributed by atoms with Gasteiger partial charge >= 0.3 is 10.2 Å². The van der Waals surface area contributed by atoms with Gasteiger partial charge in [-0.2, -0.15) is 8.42 Å². The third-order valence-corrected chi connectivity index (χ3v) is 5.54. The SMILES string of the molecule is Cc1cc(CC(=O)NS(=O)(=O)N2c3ccccc3CCC2C)no1. The minimum Gasteiger partial charge on any atom is -0.361 e. The first-order valence-electron chi connectivity index (χ1n) is 7.72. The number of carbonyl (C=O) groups excluding carboxylic acids is 1. The maximum Gasteiger partial charge on any atom is 0.326 e. The standard InChI is InChI=1S/C16H19N3O4S/c1-11-7-8-13-5-3-4-6-15(13)19(11)24(21,22)18-16(20)10-14-9-12(2)23-17-14/h3-6,9,11H,7-8,10H2,1-2H3,(H,18,20). The van der Waals surface area contributed by atoms with Gasteiger partial charge in [0.15, 0.2) is 0 Å². The van der Waals surface area contributed by atoms with Crippen LogP contribution in [0.3, 0.4) is 0 Å². The van der Waals surface area contributed by atoms with E-state index < -0.39 is 16.1 Å². The Balaban J connectivity index is 1.81. The van der Waals surface area contributed by atoms with Crippen LogP contribution < -0.4 is 9.03 Å². The molecule has 3 rings (SSSR count). The van der Waals surface area contributed by atoms with Crippen LogP contribution in [0.1, 0.15) is 30.4 Å². The molecule has 0 bridgehead atoms. The van der Waals surface area contributed by atoms with Crippen LogP contribution in [0.4, 0.5) is 5.69 Å². The summed E-state index contributed by atoms with van der Waals surface area (Å²) >= 11 is 0. The van der Waals surface area contributed by atoms with Crippen LogP contribution in [0.25, 0.3) is 0 Å². The molecule has 128 valence electrons. The van der Waals surface area contributed by atoms with Crippen molar-refractivity contribution in [3.63, 3.8) is 0 Å². The Bertz CT molecular complexity index is 860. The summed E-state index contributed by atoms with van der Waals surface area (Å²) in [5.41, 5.74) is 1.97. The number of anilines is 1. The second kappa shape index (κ2) is 6.27. The van der Waals surface area contributed by atoms with Gasteiger partial charge in [0, 0.05) is 12.1 Å². The van der Waals surface area contributed by atoms with Crippen molar-refractivity contribution in [2.45, 2.75) is 39.2 Å². The van der Waals surface area contributed by atoms with Crippen LogP contribution in [0, 0.1) is 6.92 Å². The molecule has 8 heteroatoms. The smallest absolute Gasteiger partial charge is 0.326 e. The Hall–Kier alpha value is -2.35. The molecular weight excluding hydrogens is 330 g/mol. The zero-order valence-electron chi connectivity index (χ0n) is 13.5. The van der Waals surface area contributed by atoms with Gasteiger partial charge in [-0.1, -0.05) is 23.4 Å². The van der Waals surface area contributed by atoms with E-state index in [0.717, 1.165) is 12.0 Å². The molecule has 0 saturated carbocycles. The van der Waals surface area contributed by atoms with Gasteiger partial charge in [0.1, 0.15) is 5.76 Å². The molecule has 1 aromatic carbocycles. The second-order valence-corrected chi connectivity index (χ2v) is 7.50. The third kappa shape index (κ3) is 3.28. The largest absolute Gasteiger partial charge is 0.361 e. The van der Waals surface area contributed by atoms with Crippen LogP contribution in [-0.4, -0.2) is 25.5 Å². The van der Waals surface area contributed by atoms with Crippen molar-refractivity contribution < 1.29 is 17.7 Å². The van der Waals surface area contributed by atoms with Gasteiger partial charge in [0.2, 0.25) is 5.91 Å². The third-order valence-electron chi connectivity index (χ3n) is 3.98. The lowest BCUT2D eigenvalue weighted by Crippen LogP contribution is -2.50. The Morgan fingerprint density at radius 1 is 1.42 bits per heavy atom. The fourth-order valence-electron chi connectivity index (χ4n) is 2.92. The van der Waals surface area contributed by atoms with Gasteiger partial charge in [-0.25, -0.2) is 4.72 Å². The van der Waals surface area contributed by atoms with Crippen molar-refractivity contribution >= 4 is 21.8 Å². The van der Waals surface area contributed by atoms with E-state index in [2.05, 4.69) is 9.88 Å². The minimum atomic E-state index is -3.98. The lowest BCUT2D eigenvalue weighted by atomic mass is 9.99. The lowest BCUT2D eigenvalue weighted by Gasteiger charge is -2.35. The molecule has 1 aliphatic rings. The topological polar surface area (TPSA) is 92.5 Å². The molecule has 2 aromatic rings. The highest BCUT2D eigenvalue weighted by molar-refractivity contribution is 7.91. The summed E-state index contributed by atoms with van der Waals surface area (Å²) in [6.45, 7) is 3.54. The van der Waals surface area contributed by atoms with Crippen molar-refractivity contribution in [3.05, 3.63) is 47.3 Å². The molecule has 0 fully saturated rings. The number of para-hydroxylation sites is 1.